The fourth-order valence-corrected chi connectivity index (χ4v) is 3.14. The second kappa shape index (κ2) is 4.41. The summed E-state index contributed by atoms with van der Waals surface area (Å²) in [6.07, 6.45) is 2.64. The molecule has 0 spiro atoms. The lowest BCUT2D eigenvalue weighted by Gasteiger charge is -2.30. The standard InChI is InChI=1S/C13H18N4O3/c1-13(20)9(4-7(5-18)10(13)19)17-3-2-8-11(14)15-6-16-12(8)17/h2-3,6-7,9-10,18-20H,4-5H2,1H3,(H2,14,15,16)/t7-,9-,10-,13-/m1/s1. The molecular weight excluding hydrogens is 260 g/mol. The molecule has 1 saturated carbocycles. The summed E-state index contributed by atoms with van der Waals surface area (Å²) in [5.74, 6) is 0.0253. The van der Waals surface area contributed by atoms with Crippen molar-refractivity contribution in [3.8, 4) is 0 Å². The molecule has 0 saturated heterocycles. The van der Waals surface area contributed by atoms with Gasteiger partial charge in [-0.15, -0.1) is 0 Å². The number of anilines is 1. The fraction of sp³-hybridized carbons (Fsp3) is 0.538. The normalized spacial score (nSPS) is 33.9. The van der Waals surface area contributed by atoms with Gasteiger partial charge in [-0.05, 0) is 19.4 Å². The molecule has 0 radical (unpaired) electrons. The monoisotopic (exact) mass is 278 g/mol. The van der Waals surface area contributed by atoms with Crippen molar-refractivity contribution in [2.24, 2.45) is 5.92 Å². The van der Waals surface area contributed by atoms with Gasteiger partial charge in [0.05, 0.1) is 17.5 Å². The summed E-state index contributed by atoms with van der Waals surface area (Å²) in [6.45, 7) is 1.42. The van der Waals surface area contributed by atoms with Crippen LogP contribution in [0.4, 0.5) is 5.82 Å². The van der Waals surface area contributed by atoms with Gasteiger partial charge in [-0.25, -0.2) is 9.97 Å². The van der Waals surface area contributed by atoms with Crippen molar-refractivity contribution in [1.29, 1.82) is 0 Å². The van der Waals surface area contributed by atoms with E-state index in [9.17, 15) is 15.3 Å². The highest BCUT2D eigenvalue weighted by molar-refractivity contribution is 5.86. The first-order chi connectivity index (χ1) is 9.46. The van der Waals surface area contributed by atoms with Crippen LogP contribution in [0, 0.1) is 5.92 Å². The minimum atomic E-state index is -1.33. The molecule has 0 aliphatic heterocycles. The second-order valence-electron chi connectivity index (χ2n) is 5.58. The molecular formula is C13H18N4O3. The number of nitrogen functional groups attached to an aromatic ring is 1. The second-order valence-corrected chi connectivity index (χ2v) is 5.58. The summed E-state index contributed by atoms with van der Waals surface area (Å²) in [6, 6.07) is 1.42. The maximum Gasteiger partial charge on any atom is 0.145 e. The molecule has 0 bridgehead atoms. The molecule has 7 nitrogen and oxygen atoms in total. The quantitative estimate of drug-likeness (QED) is 0.598. The van der Waals surface area contributed by atoms with E-state index in [1.807, 2.05) is 0 Å². The largest absolute Gasteiger partial charge is 0.396 e. The van der Waals surface area contributed by atoms with E-state index in [0.29, 0.717) is 23.3 Å². The van der Waals surface area contributed by atoms with E-state index >= 15 is 0 Å². The topological polar surface area (TPSA) is 117 Å². The zero-order valence-electron chi connectivity index (χ0n) is 11.1. The van der Waals surface area contributed by atoms with E-state index in [2.05, 4.69) is 9.97 Å². The Morgan fingerprint density at radius 3 is 2.90 bits per heavy atom. The number of hydrogen-bond donors (Lipinski definition) is 4. The smallest absolute Gasteiger partial charge is 0.145 e. The van der Waals surface area contributed by atoms with Crippen LogP contribution in [-0.2, 0) is 0 Å². The van der Waals surface area contributed by atoms with E-state index in [-0.39, 0.29) is 18.6 Å². The summed E-state index contributed by atoms with van der Waals surface area (Å²) in [4.78, 5) is 8.14. The van der Waals surface area contributed by atoms with Gasteiger partial charge in [-0.3, -0.25) is 0 Å². The van der Waals surface area contributed by atoms with Gasteiger partial charge in [-0.2, -0.15) is 0 Å². The Morgan fingerprint density at radius 1 is 1.50 bits per heavy atom. The van der Waals surface area contributed by atoms with Gasteiger partial charge < -0.3 is 25.6 Å². The maximum absolute atomic E-state index is 10.6. The molecule has 0 amide bonds. The molecule has 2 aromatic rings. The van der Waals surface area contributed by atoms with Crippen molar-refractivity contribution in [3.63, 3.8) is 0 Å². The number of aliphatic hydroxyl groups is 3. The lowest BCUT2D eigenvalue weighted by atomic mass is 9.96. The molecule has 4 atom stereocenters. The molecule has 0 unspecified atom stereocenters. The van der Waals surface area contributed by atoms with Gasteiger partial charge in [0.2, 0.25) is 0 Å². The molecule has 5 N–H and O–H groups in total. The number of fused-ring (bicyclic) bond motifs is 1. The molecule has 2 aromatic heterocycles. The van der Waals surface area contributed by atoms with Crippen LogP contribution in [0.2, 0.25) is 0 Å². The van der Waals surface area contributed by atoms with Crippen molar-refractivity contribution < 1.29 is 15.3 Å². The number of aromatic nitrogens is 3. The van der Waals surface area contributed by atoms with E-state index in [4.69, 9.17) is 5.73 Å². The average molecular weight is 278 g/mol. The van der Waals surface area contributed by atoms with E-state index < -0.39 is 11.7 Å². The van der Waals surface area contributed by atoms with Gasteiger partial charge in [0.25, 0.3) is 0 Å². The highest BCUT2D eigenvalue weighted by Gasteiger charge is 2.51. The van der Waals surface area contributed by atoms with Gasteiger partial charge in [0.15, 0.2) is 0 Å². The van der Waals surface area contributed by atoms with Crippen molar-refractivity contribution in [1.82, 2.24) is 14.5 Å². The molecule has 0 aromatic carbocycles. The Hall–Kier alpha value is -1.70. The third-order valence-electron chi connectivity index (χ3n) is 4.36. The zero-order valence-corrected chi connectivity index (χ0v) is 11.1. The van der Waals surface area contributed by atoms with Crippen LogP contribution in [0.15, 0.2) is 18.6 Å². The SMILES string of the molecule is C[C@]1(O)[C@H](O)[C@@H](CO)C[C@H]1n1ccc2c(N)ncnc21. The Balaban J connectivity index is 2.10. The average Bonchev–Trinajstić information content (AvgIpc) is 2.92. The van der Waals surface area contributed by atoms with Crippen LogP contribution in [0.3, 0.4) is 0 Å². The van der Waals surface area contributed by atoms with Crippen molar-refractivity contribution in [2.45, 2.75) is 31.1 Å². The highest BCUT2D eigenvalue weighted by Crippen LogP contribution is 2.44. The van der Waals surface area contributed by atoms with Crippen LogP contribution in [0.5, 0.6) is 0 Å². The van der Waals surface area contributed by atoms with Crippen LogP contribution >= 0.6 is 0 Å². The Bertz CT molecular complexity index is 640. The predicted octanol–water partition coefficient (Wildman–Crippen LogP) is -0.321. The van der Waals surface area contributed by atoms with Gasteiger partial charge in [0.1, 0.15) is 23.4 Å². The lowest BCUT2D eigenvalue weighted by molar-refractivity contribution is -0.0776. The van der Waals surface area contributed by atoms with Crippen molar-refractivity contribution in [3.05, 3.63) is 18.6 Å². The van der Waals surface area contributed by atoms with Crippen molar-refractivity contribution >= 4 is 16.9 Å². The summed E-state index contributed by atoms with van der Waals surface area (Å²) in [5, 5.41) is 30.7. The van der Waals surface area contributed by atoms with Crippen LogP contribution in [0.1, 0.15) is 19.4 Å². The number of aliphatic hydroxyl groups excluding tert-OH is 2. The first kappa shape index (κ1) is 13.3. The Labute approximate surface area is 115 Å². The molecule has 108 valence electrons. The highest BCUT2D eigenvalue weighted by atomic mass is 16.3. The lowest BCUT2D eigenvalue weighted by Crippen LogP contribution is -2.42. The molecule has 7 heteroatoms. The van der Waals surface area contributed by atoms with E-state index in [1.54, 1.807) is 23.8 Å². The van der Waals surface area contributed by atoms with Crippen LogP contribution < -0.4 is 5.73 Å². The van der Waals surface area contributed by atoms with Crippen LogP contribution in [-0.4, -0.2) is 48.2 Å². The molecule has 2 heterocycles. The molecule has 1 aliphatic rings. The summed E-state index contributed by atoms with van der Waals surface area (Å²) in [5.41, 5.74) is 5.09. The molecule has 20 heavy (non-hydrogen) atoms. The fourth-order valence-electron chi connectivity index (χ4n) is 3.14. The van der Waals surface area contributed by atoms with Gasteiger partial charge in [0, 0.05) is 18.7 Å². The summed E-state index contributed by atoms with van der Waals surface area (Å²) >= 11 is 0. The first-order valence-electron chi connectivity index (χ1n) is 6.55. The number of nitrogens with two attached hydrogens (primary N) is 1. The maximum atomic E-state index is 10.6. The number of nitrogens with zero attached hydrogens (tertiary/aromatic N) is 3. The third-order valence-corrected chi connectivity index (χ3v) is 4.36. The first-order valence-corrected chi connectivity index (χ1v) is 6.55. The van der Waals surface area contributed by atoms with Crippen molar-refractivity contribution in [2.75, 3.05) is 12.3 Å². The minimum absolute atomic E-state index is 0.163. The Kier molecular flexibility index (Phi) is 2.93. The molecule has 1 fully saturated rings. The van der Waals surface area contributed by atoms with E-state index in [1.165, 1.54) is 6.33 Å². The van der Waals surface area contributed by atoms with Gasteiger partial charge in [-0.1, -0.05) is 0 Å². The molecule has 1 aliphatic carbocycles. The number of hydrogen-bond acceptors (Lipinski definition) is 6. The van der Waals surface area contributed by atoms with Crippen LogP contribution in [0.25, 0.3) is 11.0 Å². The number of rotatable bonds is 2. The van der Waals surface area contributed by atoms with Gasteiger partial charge >= 0.3 is 0 Å². The minimum Gasteiger partial charge on any atom is -0.396 e. The Morgan fingerprint density at radius 2 is 2.25 bits per heavy atom. The summed E-state index contributed by atoms with van der Waals surface area (Å²) in [7, 11) is 0. The summed E-state index contributed by atoms with van der Waals surface area (Å²) < 4.78 is 1.80. The van der Waals surface area contributed by atoms with E-state index in [0.717, 1.165) is 0 Å². The zero-order chi connectivity index (χ0) is 14.5. The molecule has 3 rings (SSSR count). The third kappa shape index (κ3) is 1.71. The predicted molar refractivity (Wildman–Crippen MR) is 72.8 cm³/mol.